The zero-order valence-corrected chi connectivity index (χ0v) is 42.6. The van der Waals surface area contributed by atoms with E-state index in [0.717, 1.165) is 83.0 Å². The second-order valence-corrected chi connectivity index (χ2v) is 19.2. The smallest absolute Gasteiger partial charge is 0.331 e. The molecule has 0 spiro atoms. The molecule has 8 heteroatoms. The van der Waals surface area contributed by atoms with Crippen LogP contribution in [0.1, 0.15) is 125 Å². The van der Waals surface area contributed by atoms with Crippen molar-refractivity contribution in [1.82, 2.24) is 9.80 Å². The molecule has 0 fully saturated rings. The van der Waals surface area contributed by atoms with Crippen LogP contribution in [0.4, 0.5) is 0 Å². The van der Waals surface area contributed by atoms with Crippen LogP contribution in [0.2, 0.25) is 0 Å². The summed E-state index contributed by atoms with van der Waals surface area (Å²) < 4.78 is 24.6. The first-order valence-corrected chi connectivity index (χ1v) is 25.1. The number of benzene rings is 6. The standard InChI is InChI=1S/C62H74N2O6/c1-45(2)63(46(3)4)37-35-55(53-25-17-11-18-26-53)57-39-51(29-31-59(57)67-41-49-21-13-9-14-22-49)43-69-61(65)33-34-62(66)70-44-52-30-32-60(68-42-50-23-15-10-16-24-50)58(40-52)56(54-27-19-12-20-28-54)36-38-64(47(5)6)48(7)8/h9-34,39-40,45-48,55-56H,35-38,41-44H2,1-8H3/b34-33+. The Morgan fingerprint density at radius 1 is 0.414 bits per heavy atom. The zero-order valence-electron chi connectivity index (χ0n) is 42.6. The minimum atomic E-state index is -0.642. The maximum absolute atomic E-state index is 13.2. The molecule has 0 saturated heterocycles. The third-order valence-electron chi connectivity index (χ3n) is 12.9. The molecule has 0 radical (unpaired) electrons. The molecule has 0 bridgehead atoms. The minimum Gasteiger partial charge on any atom is -0.489 e. The van der Waals surface area contributed by atoms with Gasteiger partial charge in [-0.25, -0.2) is 9.59 Å². The van der Waals surface area contributed by atoms with Gasteiger partial charge in [-0.05, 0) is 139 Å². The summed E-state index contributed by atoms with van der Waals surface area (Å²) in [5.74, 6) is 0.342. The molecular formula is C62H74N2O6. The van der Waals surface area contributed by atoms with Gasteiger partial charge in [-0.3, -0.25) is 9.80 Å². The highest BCUT2D eigenvalue weighted by molar-refractivity contribution is 5.91. The van der Waals surface area contributed by atoms with E-state index in [1.165, 1.54) is 11.1 Å². The van der Waals surface area contributed by atoms with Gasteiger partial charge in [0.2, 0.25) is 0 Å². The topological polar surface area (TPSA) is 77.5 Å². The largest absolute Gasteiger partial charge is 0.489 e. The number of nitrogens with zero attached hydrogens (tertiary/aromatic N) is 2. The van der Waals surface area contributed by atoms with Crippen LogP contribution in [0.15, 0.2) is 170 Å². The molecule has 0 N–H and O–H groups in total. The van der Waals surface area contributed by atoms with Gasteiger partial charge in [0.25, 0.3) is 0 Å². The molecule has 0 aliphatic carbocycles. The lowest BCUT2D eigenvalue weighted by atomic mass is 9.86. The Morgan fingerprint density at radius 3 is 1.07 bits per heavy atom. The fraction of sp³-hybridized carbons (Fsp3) is 0.355. The predicted molar refractivity (Wildman–Crippen MR) is 283 cm³/mol. The van der Waals surface area contributed by atoms with Gasteiger partial charge in [0, 0.05) is 59.3 Å². The average Bonchev–Trinajstić information content (AvgIpc) is 3.36. The van der Waals surface area contributed by atoms with E-state index in [0.29, 0.717) is 37.4 Å². The van der Waals surface area contributed by atoms with Gasteiger partial charge in [0.1, 0.15) is 37.9 Å². The molecule has 6 rings (SSSR count). The average molecular weight is 943 g/mol. The second-order valence-electron chi connectivity index (χ2n) is 19.2. The second kappa shape index (κ2) is 27.1. The van der Waals surface area contributed by atoms with Gasteiger partial charge >= 0.3 is 11.9 Å². The molecule has 2 atom stereocenters. The number of carbonyl (C=O) groups is 2. The predicted octanol–water partition coefficient (Wildman–Crippen LogP) is 13.5. The van der Waals surface area contributed by atoms with Crippen LogP contribution in [0.5, 0.6) is 11.5 Å². The summed E-state index contributed by atoms with van der Waals surface area (Å²) in [6.07, 6.45) is 4.00. The summed E-state index contributed by atoms with van der Waals surface area (Å²) in [6, 6.07) is 54.9. The first-order valence-electron chi connectivity index (χ1n) is 25.1. The lowest BCUT2D eigenvalue weighted by Crippen LogP contribution is -2.38. The van der Waals surface area contributed by atoms with Crippen molar-refractivity contribution in [3.8, 4) is 11.5 Å². The van der Waals surface area contributed by atoms with Crippen molar-refractivity contribution in [3.05, 3.63) is 214 Å². The van der Waals surface area contributed by atoms with Crippen molar-refractivity contribution >= 4 is 11.9 Å². The van der Waals surface area contributed by atoms with Crippen molar-refractivity contribution in [2.45, 2.75) is 131 Å². The van der Waals surface area contributed by atoms with Crippen LogP contribution in [0.25, 0.3) is 0 Å². The summed E-state index contributed by atoms with van der Waals surface area (Å²) >= 11 is 0. The highest BCUT2D eigenvalue weighted by Gasteiger charge is 2.25. The maximum atomic E-state index is 13.2. The summed E-state index contributed by atoms with van der Waals surface area (Å²) in [5.41, 5.74) is 8.23. The summed E-state index contributed by atoms with van der Waals surface area (Å²) in [4.78, 5) is 31.3. The van der Waals surface area contributed by atoms with Gasteiger partial charge < -0.3 is 18.9 Å². The van der Waals surface area contributed by atoms with Crippen LogP contribution in [-0.4, -0.2) is 59.0 Å². The molecular weight excluding hydrogens is 869 g/mol. The van der Waals surface area contributed by atoms with E-state index in [9.17, 15) is 9.59 Å². The molecule has 8 nitrogen and oxygen atoms in total. The van der Waals surface area contributed by atoms with Crippen molar-refractivity contribution in [1.29, 1.82) is 0 Å². The summed E-state index contributed by atoms with van der Waals surface area (Å²) in [6.45, 7) is 20.6. The Hall–Kier alpha value is -6.48. The first kappa shape index (κ1) is 52.9. The molecule has 368 valence electrons. The van der Waals surface area contributed by atoms with Crippen LogP contribution >= 0.6 is 0 Å². The number of ether oxygens (including phenoxy) is 4. The first-order chi connectivity index (χ1) is 33.9. The molecule has 0 aliphatic rings. The third kappa shape index (κ3) is 16.0. The van der Waals surface area contributed by atoms with E-state index >= 15 is 0 Å². The molecule has 0 saturated carbocycles. The van der Waals surface area contributed by atoms with Gasteiger partial charge in [0.05, 0.1) is 0 Å². The number of esters is 2. The maximum Gasteiger partial charge on any atom is 0.331 e. The van der Waals surface area contributed by atoms with Crippen LogP contribution in [0, 0.1) is 0 Å². The normalized spacial score (nSPS) is 12.6. The fourth-order valence-electron chi connectivity index (χ4n) is 9.35. The van der Waals surface area contributed by atoms with E-state index in [4.69, 9.17) is 18.9 Å². The van der Waals surface area contributed by atoms with E-state index in [-0.39, 0.29) is 25.0 Å². The van der Waals surface area contributed by atoms with Gasteiger partial charge in [0.15, 0.2) is 0 Å². The third-order valence-corrected chi connectivity index (χ3v) is 12.9. The van der Waals surface area contributed by atoms with E-state index in [1.807, 2.05) is 72.8 Å². The SMILES string of the molecule is CC(C)N(CCC(c1ccccc1)c1cc(COC(=O)/C=C/C(=O)OCc2ccc(OCc3ccccc3)c(C(CCN(C(C)C)C(C)C)c3ccccc3)c2)ccc1OCc1ccccc1)C(C)C. The minimum absolute atomic E-state index is 0.0198. The number of hydrogen-bond donors (Lipinski definition) is 0. The molecule has 0 aromatic heterocycles. The van der Waals surface area contributed by atoms with Crippen LogP contribution < -0.4 is 9.47 Å². The van der Waals surface area contributed by atoms with Crippen LogP contribution in [-0.2, 0) is 45.5 Å². The number of hydrogen-bond acceptors (Lipinski definition) is 8. The molecule has 0 heterocycles. The lowest BCUT2D eigenvalue weighted by Gasteiger charge is -2.32. The summed E-state index contributed by atoms with van der Waals surface area (Å²) in [5, 5.41) is 0. The van der Waals surface area contributed by atoms with E-state index < -0.39 is 11.9 Å². The number of rotatable bonds is 26. The number of carbonyl (C=O) groups excluding carboxylic acids is 2. The summed E-state index contributed by atoms with van der Waals surface area (Å²) in [7, 11) is 0. The quantitative estimate of drug-likeness (QED) is 0.0393. The van der Waals surface area contributed by atoms with E-state index in [2.05, 4.69) is 150 Å². The fourth-order valence-corrected chi connectivity index (χ4v) is 9.35. The zero-order chi connectivity index (χ0) is 49.8. The molecule has 70 heavy (non-hydrogen) atoms. The Labute approximate surface area is 418 Å². The monoisotopic (exact) mass is 943 g/mol. The molecule has 2 unspecified atom stereocenters. The molecule has 0 aliphatic heterocycles. The van der Waals surface area contributed by atoms with Gasteiger partial charge in [-0.15, -0.1) is 0 Å². The van der Waals surface area contributed by atoms with Crippen molar-refractivity contribution in [3.63, 3.8) is 0 Å². The van der Waals surface area contributed by atoms with Gasteiger partial charge in [-0.1, -0.05) is 133 Å². The van der Waals surface area contributed by atoms with Crippen LogP contribution in [0.3, 0.4) is 0 Å². The highest BCUT2D eigenvalue weighted by atomic mass is 16.5. The van der Waals surface area contributed by atoms with E-state index in [1.54, 1.807) is 0 Å². The lowest BCUT2D eigenvalue weighted by molar-refractivity contribution is -0.141. The Morgan fingerprint density at radius 2 is 0.743 bits per heavy atom. The Bertz CT molecular complexity index is 2330. The van der Waals surface area contributed by atoms with Crippen molar-refractivity contribution < 1.29 is 28.5 Å². The highest BCUT2D eigenvalue weighted by Crippen LogP contribution is 2.38. The van der Waals surface area contributed by atoms with Gasteiger partial charge in [-0.2, -0.15) is 0 Å². The van der Waals surface area contributed by atoms with Crippen molar-refractivity contribution in [2.24, 2.45) is 0 Å². The molecule has 6 aromatic carbocycles. The molecule has 6 aromatic rings. The Balaban J connectivity index is 1.16. The Kier molecular flexibility index (Phi) is 20.4. The molecule has 0 amide bonds. The van der Waals surface area contributed by atoms with Crippen molar-refractivity contribution in [2.75, 3.05) is 13.1 Å².